The highest BCUT2D eigenvalue weighted by Crippen LogP contribution is 2.45. The SMILES string of the molecule is CC(=O)Nc1ccc(OC(=O)c2cccc3c2N[C@H](C(=O)[O-])[C@H]2CC=C[C@H]32)cc1. The van der Waals surface area contributed by atoms with Crippen LogP contribution >= 0.6 is 0 Å². The van der Waals surface area contributed by atoms with Crippen LogP contribution < -0.4 is 20.5 Å². The van der Waals surface area contributed by atoms with Gasteiger partial charge in [-0.3, -0.25) is 4.79 Å². The van der Waals surface area contributed by atoms with Gasteiger partial charge in [-0.25, -0.2) is 4.79 Å². The van der Waals surface area contributed by atoms with Crippen LogP contribution in [0, 0.1) is 5.92 Å². The first-order valence-electron chi connectivity index (χ1n) is 9.31. The largest absolute Gasteiger partial charge is 0.548 e. The second kappa shape index (κ2) is 7.43. The van der Waals surface area contributed by atoms with Gasteiger partial charge in [0, 0.05) is 18.5 Å². The summed E-state index contributed by atoms with van der Waals surface area (Å²) in [6.07, 6.45) is 4.59. The number of carboxylic acid groups (broad SMARTS) is 1. The predicted octanol–water partition coefficient (Wildman–Crippen LogP) is 2.07. The van der Waals surface area contributed by atoms with Gasteiger partial charge in [-0.2, -0.15) is 0 Å². The van der Waals surface area contributed by atoms with Crippen molar-refractivity contribution in [2.45, 2.75) is 25.3 Å². The molecule has 2 aromatic carbocycles. The number of anilines is 2. The molecule has 29 heavy (non-hydrogen) atoms. The Balaban J connectivity index is 1.60. The van der Waals surface area contributed by atoms with E-state index in [1.807, 2.05) is 18.2 Å². The summed E-state index contributed by atoms with van der Waals surface area (Å²) in [5.74, 6) is -1.89. The molecule has 0 fully saturated rings. The van der Waals surface area contributed by atoms with E-state index in [1.54, 1.807) is 36.4 Å². The minimum atomic E-state index is -1.19. The molecule has 2 N–H and O–H groups in total. The molecule has 0 radical (unpaired) electrons. The topological polar surface area (TPSA) is 108 Å². The fraction of sp³-hybridized carbons (Fsp3) is 0.227. The van der Waals surface area contributed by atoms with Gasteiger partial charge < -0.3 is 25.3 Å². The van der Waals surface area contributed by atoms with E-state index in [-0.39, 0.29) is 23.3 Å². The Morgan fingerprint density at radius 3 is 2.59 bits per heavy atom. The van der Waals surface area contributed by atoms with E-state index < -0.39 is 18.0 Å². The molecule has 7 heteroatoms. The number of rotatable bonds is 4. The summed E-state index contributed by atoms with van der Waals surface area (Å²) in [5.41, 5.74) is 2.19. The summed E-state index contributed by atoms with van der Waals surface area (Å²) in [5, 5.41) is 17.3. The summed E-state index contributed by atoms with van der Waals surface area (Å²) in [6, 6.07) is 10.8. The van der Waals surface area contributed by atoms with Crippen molar-refractivity contribution in [2.75, 3.05) is 10.6 Å². The van der Waals surface area contributed by atoms with E-state index in [1.165, 1.54) is 6.92 Å². The Bertz CT molecular complexity index is 1010. The number of carbonyl (C=O) groups excluding carboxylic acids is 3. The molecule has 3 atom stereocenters. The molecule has 0 saturated heterocycles. The third-order valence-corrected chi connectivity index (χ3v) is 5.26. The molecule has 148 valence electrons. The smallest absolute Gasteiger partial charge is 0.345 e. The standard InChI is InChI=1S/C22H20N2O5/c1-12(25)23-13-8-10-14(11-9-13)29-22(28)18-7-3-5-16-15-4-2-6-17(15)20(21(26)27)24-19(16)18/h2-5,7-11,15,17,20,24H,6H2,1H3,(H,23,25)(H,26,27)/p-1/t15-,17+,20+/m1/s1. The van der Waals surface area contributed by atoms with Crippen LogP contribution in [0.1, 0.15) is 35.2 Å². The van der Waals surface area contributed by atoms with Crippen molar-refractivity contribution < 1.29 is 24.2 Å². The van der Waals surface area contributed by atoms with E-state index in [9.17, 15) is 19.5 Å². The number of hydrogen-bond donors (Lipinski definition) is 2. The number of fused-ring (bicyclic) bond motifs is 3. The first-order chi connectivity index (χ1) is 13.9. The number of esters is 1. The van der Waals surface area contributed by atoms with Gasteiger partial charge in [0.2, 0.25) is 5.91 Å². The molecule has 1 amide bonds. The highest BCUT2D eigenvalue weighted by atomic mass is 16.5. The van der Waals surface area contributed by atoms with Gasteiger partial charge in [0.25, 0.3) is 0 Å². The molecule has 0 spiro atoms. The lowest BCUT2D eigenvalue weighted by atomic mass is 9.78. The van der Waals surface area contributed by atoms with Crippen LogP contribution in [0.25, 0.3) is 0 Å². The van der Waals surface area contributed by atoms with Crippen molar-refractivity contribution in [1.29, 1.82) is 0 Å². The van der Waals surface area contributed by atoms with E-state index >= 15 is 0 Å². The van der Waals surface area contributed by atoms with Crippen molar-refractivity contribution in [3.63, 3.8) is 0 Å². The number of para-hydroxylation sites is 1. The van der Waals surface area contributed by atoms with Crippen molar-refractivity contribution >= 4 is 29.2 Å². The highest BCUT2D eigenvalue weighted by molar-refractivity contribution is 5.99. The minimum absolute atomic E-state index is 0.0844. The Hall–Kier alpha value is -3.61. The molecule has 0 saturated carbocycles. The molecule has 1 aliphatic heterocycles. The maximum absolute atomic E-state index is 12.8. The van der Waals surface area contributed by atoms with Gasteiger partial charge in [-0.1, -0.05) is 24.3 Å². The molecule has 4 rings (SSSR count). The van der Waals surface area contributed by atoms with Gasteiger partial charge in [0.05, 0.1) is 23.3 Å². The van der Waals surface area contributed by atoms with Crippen molar-refractivity contribution in [1.82, 2.24) is 0 Å². The first-order valence-corrected chi connectivity index (χ1v) is 9.31. The van der Waals surface area contributed by atoms with Crippen LogP contribution in [-0.2, 0) is 9.59 Å². The molecule has 0 aromatic heterocycles. The second-order valence-electron chi connectivity index (χ2n) is 7.16. The fourth-order valence-electron chi connectivity index (χ4n) is 4.00. The minimum Gasteiger partial charge on any atom is -0.548 e. The lowest BCUT2D eigenvalue weighted by molar-refractivity contribution is -0.308. The van der Waals surface area contributed by atoms with Crippen LogP contribution in [0.5, 0.6) is 5.75 Å². The zero-order valence-corrected chi connectivity index (χ0v) is 15.7. The molecule has 0 unspecified atom stereocenters. The number of benzene rings is 2. The second-order valence-corrected chi connectivity index (χ2v) is 7.16. The van der Waals surface area contributed by atoms with Gasteiger partial charge in [-0.05, 0) is 48.2 Å². The molecule has 7 nitrogen and oxygen atoms in total. The number of nitrogens with one attached hydrogen (secondary N) is 2. The first kappa shape index (κ1) is 18.7. The van der Waals surface area contributed by atoms with E-state index in [4.69, 9.17) is 4.74 Å². The molecule has 1 aliphatic carbocycles. The van der Waals surface area contributed by atoms with Crippen LogP contribution in [0.4, 0.5) is 11.4 Å². The molecule has 1 heterocycles. The van der Waals surface area contributed by atoms with Gasteiger partial charge in [0.1, 0.15) is 5.75 Å². The number of allylic oxidation sites excluding steroid dienone is 2. The summed E-state index contributed by atoms with van der Waals surface area (Å²) < 4.78 is 5.46. The lowest BCUT2D eigenvalue weighted by Gasteiger charge is -2.38. The maximum Gasteiger partial charge on any atom is 0.345 e. The summed E-state index contributed by atoms with van der Waals surface area (Å²) in [4.78, 5) is 35.5. The molecule has 2 aliphatic rings. The van der Waals surface area contributed by atoms with Gasteiger partial charge >= 0.3 is 5.97 Å². The van der Waals surface area contributed by atoms with Crippen LogP contribution in [-0.4, -0.2) is 23.9 Å². The van der Waals surface area contributed by atoms with Crippen LogP contribution in [0.2, 0.25) is 0 Å². The number of carbonyl (C=O) groups is 3. The number of hydrogen-bond acceptors (Lipinski definition) is 6. The zero-order chi connectivity index (χ0) is 20.5. The highest BCUT2D eigenvalue weighted by Gasteiger charge is 2.39. The molecule has 2 aromatic rings. The maximum atomic E-state index is 12.8. The van der Waals surface area contributed by atoms with Crippen LogP contribution in [0.3, 0.4) is 0 Å². The quantitative estimate of drug-likeness (QED) is 0.469. The van der Waals surface area contributed by atoms with Crippen LogP contribution in [0.15, 0.2) is 54.6 Å². The normalized spacial score (nSPS) is 21.5. The Kier molecular flexibility index (Phi) is 4.80. The average molecular weight is 391 g/mol. The Morgan fingerprint density at radius 2 is 1.90 bits per heavy atom. The van der Waals surface area contributed by atoms with Crippen molar-refractivity contribution in [3.05, 3.63) is 65.7 Å². The molecular weight excluding hydrogens is 372 g/mol. The van der Waals surface area contributed by atoms with Gasteiger partial charge in [-0.15, -0.1) is 0 Å². The zero-order valence-electron chi connectivity index (χ0n) is 15.7. The van der Waals surface area contributed by atoms with E-state index in [0.717, 1.165) is 5.56 Å². The fourth-order valence-corrected chi connectivity index (χ4v) is 4.00. The lowest BCUT2D eigenvalue weighted by Crippen LogP contribution is -2.49. The summed E-state index contributed by atoms with van der Waals surface area (Å²) in [7, 11) is 0. The monoisotopic (exact) mass is 391 g/mol. The van der Waals surface area contributed by atoms with Crippen molar-refractivity contribution in [2.24, 2.45) is 5.92 Å². The Morgan fingerprint density at radius 1 is 1.14 bits per heavy atom. The number of carboxylic acids is 1. The Labute approximate surface area is 167 Å². The predicted molar refractivity (Wildman–Crippen MR) is 105 cm³/mol. The summed E-state index contributed by atoms with van der Waals surface area (Å²) in [6.45, 7) is 1.41. The number of aliphatic carboxylic acids is 1. The number of ether oxygens (including phenoxy) is 1. The van der Waals surface area contributed by atoms with E-state index in [2.05, 4.69) is 10.6 Å². The van der Waals surface area contributed by atoms with Gasteiger partial charge in [0.15, 0.2) is 0 Å². The summed E-state index contributed by atoms with van der Waals surface area (Å²) >= 11 is 0. The molecular formula is C22H19N2O5-. The average Bonchev–Trinajstić information content (AvgIpc) is 3.18. The van der Waals surface area contributed by atoms with Crippen molar-refractivity contribution in [3.8, 4) is 5.75 Å². The third kappa shape index (κ3) is 3.59. The molecule has 0 bridgehead atoms. The van der Waals surface area contributed by atoms with E-state index in [0.29, 0.717) is 23.5 Å². The number of amides is 1. The third-order valence-electron chi connectivity index (χ3n) is 5.26.